The molecule has 0 radical (unpaired) electrons. The molecule has 5 heteroatoms. The van der Waals surface area contributed by atoms with E-state index in [0.717, 1.165) is 11.1 Å². The third kappa shape index (κ3) is 4.41. The zero-order valence-corrected chi connectivity index (χ0v) is 19.4. The molecule has 2 aromatic rings. The van der Waals surface area contributed by atoms with E-state index in [2.05, 4.69) is 45.2 Å². The summed E-state index contributed by atoms with van der Waals surface area (Å²) >= 11 is 12.5. The minimum atomic E-state index is -0.511. The number of carbonyl (C=O) groups is 1. The summed E-state index contributed by atoms with van der Waals surface area (Å²) in [7, 11) is 0. The Balaban J connectivity index is 1.85. The Kier molecular flexibility index (Phi) is 6.32. The molecule has 0 bridgehead atoms. The van der Waals surface area contributed by atoms with Crippen molar-refractivity contribution in [2.24, 2.45) is 17.3 Å². The Morgan fingerprint density at radius 1 is 1.20 bits per heavy atom. The molecule has 156 valence electrons. The van der Waals surface area contributed by atoms with Crippen LogP contribution in [0.3, 0.4) is 0 Å². The van der Waals surface area contributed by atoms with Gasteiger partial charge in [-0.1, -0.05) is 66.9 Å². The second-order valence-electron chi connectivity index (χ2n) is 8.86. The van der Waals surface area contributed by atoms with Crippen molar-refractivity contribution in [2.75, 3.05) is 5.32 Å². The largest absolute Gasteiger partial charge is 0.326 e. The van der Waals surface area contributed by atoms with E-state index in [1.165, 1.54) is 5.57 Å². The van der Waals surface area contributed by atoms with E-state index in [1.807, 2.05) is 25.1 Å². The normalized spacial score (nSPS) is 20.1. The van der Waals surface area contributed by atoms with E-state index in [4.69, 9.17) is 23.2 Å². The van der Waals surface area contributed by atoms with Crippen molar-refractivity contribution in [1.29, 1.82) is 5.26 Å². The van der Waals surface area contributed by atoms with E-state index in [1.54, 1.807) is 18.2 Å². The van der Waals surface area contributed by atoms with Crippen LogP contribution in [0.2, 0.25) is 10.0 Å². The molecular weight excluding hydrogens is 415 g/mol. The molecule has 0 saturated heterocycles. The van der Waals surface area contributed by atoms with Crippen molar-refractivity contribution in [2.45, 2.75) is 40.5 Å². The standard InChI is InChI=1S/C25H26Cl2N2O/c1-14(2)10-20-23(25(20,4)5)24(30)29-22-12-21(27)18(11-15(22)3)19(13-28)16-6-8-17(26)9-7-16/h6-12,19-20,23H,1-5H3,(H,29,30)/t19-,20+,23-/m0/s1. The fourth-order valence-electron chi connectivity index (χ4n) is 4.10. The first-order valence-electron chi connectivity index (χ1n) is 9.97. The van der Waals surface area contributed by atoms with Crippen LogP contribution in [-0.4, -0.2) is 5.91 Å². The van der Waals surface area contributed by atoms with Gasteiger partial charge in [-0.25, -0.2) is 0 Å². The van der Waals surface area contributed by atoms with Crippen LogP contribution >= 0.6 is 23.2 Å². The van der Waals surface area contributed by atoms with Gasteiger partial charge in [-0.15, -0.1) is 0 Å². The minimum Gasteiger partial charge on any atom is -0.326 e. The molecule has 1 amide bonds. The van der Waals surface area contributed by atoms with Crippen LogP contribution in [0.1, 0.15) is 50.3 Å². The van der Waals surface area contributed by atoms with Crippen LogP contribution in [0.25, 0.3) is 0 Å². The number of allylic oxidation sites excluding steroid dienone is 2. The highest BCUT2D eigenvalue weighted by Gasteiger charge is 2.60. The van der Waals surface area contributed by atoms with Crippen molar-refractivity contribution < 1.29 is 4.79 Å². The van der Waals surface area contributed by atoms with Crippen LogP contribution in [0, 0.1) is 35.5 Å². The van der Waals surface area contributed by atoms with Gasteiger partial charge in [-0.3, -0.25) is 4.79 Å². The molecular formula is C25H26Cl2N2O. The van der Waals surface area contributed by atoms with Gasteiger partial charge in [0.2, 0.25) is 5.91 Å². The molecule has 3 rings (SSSR count). The molecule has 1 N–H and O–H groups in total. The maximum atomic E-state index is 12.9. The first-order chi connectivity index (χ1) is 14.1. The van der Waals surface area contributed by atoms with Crippen molar-refractivity contribution in [3.63, 3.8) is 0 Å². The predicted octanol–water partition coefficient (Wildman–Crippen LogP) is 7.13. The highest BCUT2D eigenvalue weighted by molar-refractivity contribution is 6.32. The lowest BCUT2D eigenvalue weighted by Crippen LogP contribution is -2.17. The van der Waals surface area contributed by atoms with Crippen molar-refractivity contribution in [3.8, 4) is 6.07 Å². The molecule has 1 fully saturated rings. The fraction of sp³-hybridized carbons (Fsp3) is 0.360. The first-order valence-corrected chi connectivity index (χ1v) is 10.7. The van der Waals surface area contributed by atoms with E-state index in [0.29, 0.717) is 21.3 Å². The highest BCUT2D eigenvalue weighted by atomic mass is 35.5. The molecule has 30 heavy (non-hydrogen) atoms. The lowest BCUT2D eigenvalue weighted by atomic mass is 9.91. The summed E-state index contributed by atoms with van der Waals surface area (Å²) in [5.41, 5.74) is 4.25. The third-order valence-electron chi connectivity index (χ3n) is 5.95. The van der Waals surface area contributed by atoms with Crippen LogP contribution in [-0.2, 0) is 4.79 Å². The topological polar surface area (TPSA) is 52.9 Å². The molecule has 3 atom stereocenters. The van der Waals surface area contributed by atoms with Gasteiger partial charge >= 0.3 is 0 Å². The number of halogens is 2. The molecule has 3 nitrogen and oxygen atoms in total. The van der Waals surface area contributed by atoms with Gasteiger partial charge in [-0.05, 0) is 67.0 Å². The Morgan fingerprint density at radius 3 is 2.40 bits per heavy atom. The molecule has 0 aliphatic heterocycles. The lowest BCUT2D eigenvalue weighted by Gasteiger charge is -2.16. The Morgan fingerprint density at radius 2 is 1.83 bits per heavy atom. The molecule has 0 unspecified atom stereocenters. The number of hydrogen-bond donors (Lipinski definition) is 1. The van der Waals surface area contributed by atoms with Gasteiger partial charge in [0, 0.05) is 15.7 Å². The average molecular weight is 441 g/mol. The average Bonchev–Trinajstić information content (AvgIpc) is 3.20. The quantitative estimate of drug-likeness (QED) is 0.502. The van der Waals surface area contributed by atoms with Gasteiger partial charge in [0.1, 0.15) is 0 Å². The monoisotopic (exact) mass is 440 g/mol. The maximum absolute atomic E-state index is 12.9. The zero-order chi connectivity index (χ0) is 22.2. The smallest absolute Gasteiger partial charge is 0.228 e. The lowest BCUT2D eigenvalue weighted by molar-refractivity contribution is -0.118. The van der Waals surface area contributed by atoms with Gasteiger partial charge in [0.05, 0.1) is 17.9 Å². The summed E-state index contributed by atoms with van der Waals surface area (Å²) in [4.78, 5) is 12.9. The Hall–Kier alpha value is -2.28. The van der Waals surface area contributed by atoms with E-state index >= 15 is 0 Å². The number of nitrogens with zero attached hydrogens (tertiary/aromatic N) is 1. The zero-order valence-electron chi connectivity index (χ0n) is 17.9. The number of carbonyl (C=O) groups excluding carboxylic acids is 1. The summed E-state index contributed by atoms with van der Waals surface area (Å²) in [6, 6.07) is 13.1. The van der Waals surface area contributed by atoms with Crippen LogP contribution in [0.5, 0.6) is 0 Å². The number of aryl methyl sites for hydroxylation is 1. The molecule has 2 aromatic carbocycles. The van der Waals surface area contributed by atoms with Crippen molar-refractivity contribution >= 4 is 34.8 Å². The third-order valence-corrected chi connectivity index (χ3v) is 6.53. The van der Waals surface area contributed by atoms with E-state index in [9.17, 15) is 10.1 Å². The first kappa shape index (κ1) is 22.4. The molecule has 0 aromatic heterocycles. The van der Waals surface area contributed by atoms with Crippen LogP contribution in [0.15, 0.2) is 48.0 Å². The summed E-state index contributed by atoms with van der Waals surface area (Å²) < 4.78 is 0. The predicted molar refractivity (Wildman–Crippen MR) is 124 cm³/mol. The number of rotatable bonds is 5. The molecule has 1 aliphatic carbocycles. The second-order valence-corrected chi connectivity index (χ2v) is 9.70. The van der Waals surface area contributed by atoms with E-state index in [-0.39, 0.29) is 23.2 Å². The van der Waals surface area contributed by atoms with Crippen LogP contribution in [0.4, 0.5) is 5.69 Å². The summed E-state index contributed by atoms with van der Waals surface area (Å²) in [5.74, 6) is -0.330. The Labute approximate surface area is 188 Å². The van der Waals surface area contributed by atoms with Gasteiger partial charge in [0.25, 0.3) is 0 Å². The second kappa shape index (κ2) is 8.46. The van der Waals surface area contributed by atoms with E-state index < -0.39 is 5.92 Å². The number of amides is 1. The Bertz CT molecular complexity index is 1040. The maximum Gasteiger partial charge on any atom is 0.228 e. The van der Waals surface area contributed by atoms with Gasteiger partial charge in [-0.2, -0.15) is 5.26 Å². The fourth-order valence-corrected chi connectivity index (χ4v) is 4.50. The summed E-state index contributed by atoms with van der Waals surface area (Å²) in [6.07, 6.45) is 2.18. The number of benzene rings is 2. The van der Waals surface area contributed by atoms with Crippen molar-refractivity contribution in [1.82, 2.24) is 0 Å². The minimum absolute atomic E-state index is 0.00366. The molecule has 0 spiro atoms. The number of anilines is 1. The van der Waals surface area contributed by atoms with Gasteiger partial charge < -0.3 is 5.32 Å². The van der Waals surface area contributed by atoms with Crippen molar-refractivity contribution in [3.05, 3.63) is 74.8 Å². The molecule has 1 aliphatic rings. The molecule has 1 saturated carbocycles. The SMILES string of the molecule is CC(C)=C[C@@H]1[C@@H](C(=O)Nc2cc(Cl)c([C@@H](C#N)c3ccc(Cl)cc3)cc2C)C1(C)C. The van der Waals surface area contributed by atoms with Crippen LogP contribution < -0.4 is 5.32 Å². The highest BCUT2D eigenvalue weighted by Crippen LogP contribution is 2.59. The number of nitriles is 1. The number of hydrogen-bond acceptors (Lipinski definition) is 2. The summed E-state index contributed by atoms with van der Waals surface area (Å²) in [6.45, 7) is 10.3. The number of nitrogens with one attached hydrogen (secondary N) is 1. The molecule has 0 heterocycles. The van der Waals surface area contributed by atoms with Gasteiger partial charge in [0.15, 0.2) is 0 Å². The summed E-state index contributed by atoms with van der Waals surface area (Å²) in [5, 5.41) is 13.9.